The van der Waals surface area contributed by atoms with Crippen molar-refractivity contribution in [2.24, 2.45) is 23.2 Å². The van der Waals surface area contributed by atoms with E-state index in [4.69, 9.17) is 5.41 Å². The minimum absolute atomic E-state index is 0.127. The van der Waals surface area contributed by atoms with Crippen LogP contribution in [0.5, 0.6) is 0 Å². The Labute approximate surface area is 104 Å². The molecule has 4 atom stereocenters. The third kappa shape index (κ3) is 1.60. The van der Waals surface area contributed by atoms with Gasteiger partial charge < -0.3 is 5.41 Å². The average Bonchev–Trinajstić information content (AvgIpc) is 2.35. The van der Waals surface area contributed by atoms with Gasteiger partial charge in [-0.15, -0.1) is 0 Å². The van der Waals surface area contributed by atoms with Gasteiger partial charge in [-0.25, -0.2) is 0 Å². The number of nitrogens with one attached hydrogen (secondary N) is 1. The number of carbonyl (C=O) groups is 1. The Bertz CT molecular complexity index is 362. The summed E-state index contributed by atoms with van der Waals surface area (Å²) >= 11 is 0. The van der Waals surface area contributed by atoms with E-state index in [0.29, 0.717) is 12.1 Å². The minimum Gasteiger partial charge on any atom is -0.301 e. The second kappa shape index (κ2) is 3.93. The van der Waals surface area contributed by atoms with Crippen molar-refractivity contribution >= 4 is 11.5 Å². The molecule has 3 unspecified atom stereocenters. The number of ketones is 1. The molecule has 0 heterocycles. The molecule has 1 N–H and O–H groups in total. The van der Waals surface area contributed by atoms with E-state index in [-0.39, 0.29) is 17.1 Å². The van der Waals surface area contributed by atoms with Gasteiger partial charge in [-0.05, 0) is 42.9 Å². The SMILES string of the molecule is C[C@]12CCC(=O)C(=N)C1CCC1CCCCC12. The van der Waals surface area contributed by atoms with E-state index in [1.165, 1.54) is 32.1 Å². The summed E-state index contributed by atoms with van der Waals surface area (Å²) < 4.78 is 0. The van der Waals surface area contributed by atoms with Gasteiger partial charge in [0.05, 0.1) is 5.71 Å². The molecule has 0 radical (unpaired) electrons. The lowest BCUT2D eigenvalue weighted by Gasteiger charge is -2.55. The van der Waals surface area contributed by atoms with Crippen molar-refractivity contribution in [3.63, 3.8) is 0 Å². The van der Waals surface area contributed by atoms with Crippen molar-refractivity contribution in [1.82, 2.24) is 0 Å². The Morgan fingerprint density at radius 3 is 2.76 bits per heavy atom. The Morgan fingerprint density at radius 2 is 1.94 bits per heavy atom. The largest absolute Gasteiger partial charge is 0.301 e. The van der Waals surface area contributed by atoms with Gasteiger partial charge in [0.25, 0.3) is 0 Å². The molecule has 3 saturated carbocycles. The summed E-state index contributed by atoms with van der Waals surface area (Å²) in [6, 6.07) is 0. The van der Waals surface area contributed by atoms with E-state index in [9.17, 15) is 4.79 Å². The predicted octanol–water partition coefficient (Wildman–Crippen LogP) is 3.59. The first kappa shape index (κ1) is 11.4. The maximum atomic E-state index is 11.7. The van der Waals surface area contributed by atoms with Gasteiger partial charge in [-0.2, -0.15) is 0 Å². The molecule has 0 saturated heterocycles. The summed E-state index contributed by atoms with van der Waals surface area (Å²) in [5.74, 6) is 2.10. The molecular weight excluding hydrogens is 210 g/mol. The third-order valence-corrected chi connectivity index (χ3v) is 5.92. The van der Waals surface area contributed by atoms with Crippen LogP contribution in [0.4, 0.5) is 0 Å². The molecule has 3 fully saturated rings. The summed E-state index contributed by atoms with van der Waals surface area (Å²) in [5.41, 5.74) is 0.733. The molecule has 2 nitrogen and oxygen atoms in total. The van der Waals surface area contributed by atoms with Gasteiger partial charge >= 0.3 is 0 Å². The van der Waals surface area contributed by atoms with Crippen LogP contribution in [0.25, 0.3) is 0 Å². The normalized spacial score (nSPS) is 46.3. The van der Waals surface area contributed by atoms with Crippen LogP contribution in [0.3, 0.4) is 0 Å². The monoisotopic (exact) mass is 233 g/mol. The standard InChI is InChI=1S/C15H23NO/c1-15-9-8-13(17)14(16)12(15)7-6-10-4-2-3-5-11(10)15/h10-12,16H,2-9H2,1H3/t10?,11?,12?,15-/m1/s1. The maximum absolute atomic E-state index is 11.7. The molecule has 3 rings (SSSR count). The first-order valence-electron chi connectivity index (χ1n) is 7.24. The van der Waals surface area contributed by atoms with E-state index < -0.39 is 0 Å². The van der Waals surface area contributed by atoms with Crippen molar-refractivity contribution in [3.8, 4) is 0 Å². The van der Waals surface area contributed by atoms with E-state index in [2.05, 4.69) is 6.92 Å². The highest BCUT2D eigenvalue weighted by Crippen LogP contribution is 2.57. The van der Waals surface area contributed by atoms with Crippen molar-refractivity contribution < 1.29 is 4.79 Å². The fraction of sp³-hybridized carbons (Fsp3) is 0.867. The van der Waals surface area contributed by atoms with Crippen LogP contribution in [0, 0.1) is 28.6 Å². The number of hydrogen-bond donors (Lipinski definition) is 1. The lowest BCUT2D eigenvalue weighted by Crippen LogP contribution is -2.52. The topological polar surface area (TPSA) is 40.9 Å². The molecule has 94 valence electrons. The highest BCUT2D eigenvalue weighted by molar-refractivity contribution is 6.40. The molecule has 0 spiro atoms. The van der Waals surface area contributed by atoms with Crippen LogP contribution < -0.4 is 0 Å². The van der Waals surface area contributed by atoms with E-state index in [1.54, 1.807) is 0 Å². The zero-order valence-electron chi connectivity index (χ0n) is 10.8. The van der Waals surface area contributed by atoms with Crippen molar-refractivity contribution in [1.29, 1.82) is 5.41 Å². The molecule has 0 aromatic carbocycles. The molecule has 0 bridgehead atoms. The van der Waals surface area contributed by atoms with Gasteiger partial charge in [0.1, 0.15) is 0 Å². The Hall–Kier alpha value is -0.660. The highest BCUT2D eigenvalue weighted by atomic mass is 16.1. The summed E-state index contributed by atoms with van der Waals surface area (Å²) in [4.78, 5) is 11.7. The summed E-state index contributed by atoms with van der Waals surface area (Å²) in [7, 11) is 0. The second-order valence-electron chi connectivity index (χ2n) is 6.62. The Kier molecular flexibility index (Phi) is 2.64. The van der Waals surface area contributed by atoms with Gasteiger partial charge in [0.2, 0.25) is 0 Å². The quantitative estimate of drug-likeness (QED) is 0.682. The van der Waals surface area contributed by atoms with Gasteiger partial charge in [0, 0.05) is 12.3 Å². The number of rotatable bonds is 0. The highest BCUT2D eigenvalue weighted by Gasteiger charge is 2.52. The van der Waals surface area contributed by atoms with E-state index in [0.717, 1.165) is 24.7 Å². The van der Waals surface area contributed by atoms with Crippen LogP contribution in [0.15, 0.2) is 0 Å². The molecule has 17 heavy (non-hydrogen) atoms. The number of carbonyl (C=O) groups excluding carboxylic acids is 1. The van der Waals surface area contributed by atoms with E-state index >= 15 is 0 Å². The number of hydrogen-bond acceptors (Lipinski definition) is 2. The van der Waals surface area contributed by atoms with Gasteiger partial charge in [-0.3, -0.25) is 4.79 Å². The van der Waals surface area contributed by atoms with Crippen LogP contribution in [-0.2, 0) is 4.79 Å². The molecule has 0 aromatic rings. The predicted molar refractivity (Wildman–Crippen MR) is 68.2 cm³/mol. The smallest absolute Gasteiger partial charge is 0.176 e. The first-order valence-corrected chi connectivity index (χ1v) is 7.24. The molecule has 0 aliphatic heterocycles. The van der Waals surface area contributed by atoms with Crippen LogP contribution in [0.2, 0.25) is 0 Å². The lowest BCUT2D eigenvalue weighted by molar-refractivity contribution is -0.118. The fourth-order valence-corrected chi connectivity index (χ4v) is 4.94. The van der Waals surface area contributed by atoms with Crippen molar-refractivity contribution in [2.75, 3.05) is 0 Å². The molecule has 3 aliphatic rings. The lowest BCUT2D eigenvalue weighted by atomic mass is 9.49. The van der Waals surface area contributed by atoms with Crippen LogP contribution in [0.1, 0.15) is 58.3 Å². The fourth-order valence-electron chi connectivity index (χ4n) is 4.94. The minimum atomic E-state index is 0.127. The zero-order valence-corrected chi connectivity index (χ0v) is 10.8. The average molecular weight is 233 g/mol. The second-order valence-corrected chi connectivity index (χ2v) is 6.62. The number of fused-ring (bicyclic) bond motifs is 3. The van der Waals surface area contributed by atoms with Crippen molar-refractivity contribution in [2.45, 2.75) is 58.3 Å². The summed E-state index contributed by atoms with van der Waals surface area (Å²) in [6.45, 7) is 2.38. The molecule has 3 aliphatic carbocycles. The van der Waals surface area contributed by atoms with Crippen molar-refractivity contribution in [3.05, 3.63) is 0 Å². The Balaban J connectivity index is 1.91. The molecule has 2 heteroatoms. The molecule has 0 amide bonds. The first-order chi connectivity index (χ1) is 8.13. The molecule has 0 aromatic heterocycles. The molecular formula is C15H23NO. The van der Waals surface area contributed by atoms with Gasteiger partial charge in [-0.1, -0.05) is 26.2 Å². The summed E-state index contributed by atoms with van der Waals surface area (Å²) in [6.07, 6.45) is 9.55. The maximum Gasteiger partial charge on any atom is 0.176 e. The third-order valence-electron chi connectivity index (χ3n) is 5.92. The van der Waals surface area contributed by atoms with Crippen LogP contribution in [-0.4, -0.2) is 11.5 Å². The van der Waals surface area contributed by atoms with Crippen LogP contribution >= 0.6 is 0 Å². The summed E-state index contributed by atoms with van der Waals surface area (Å²) in [5, 5.41) is 8.10. The van der Waals surface area contributed by atoms with Gasteiger partial charge in [0.15, 0.2) is 5.78 Å². The zero-order chi connectivity index (χ0) is 12.0. The Morgan fingerprint density at radius 1 is 1.18 bits per heavy atom. The number of Topliss-reactive ketones (excluding diaryl/α,β-unsaturated/α-hetero) is 1. The van der Waals surface area contributed by atoms with E-state index in [1.807, 2.05) is 0 Å².